The van der Waals surface area contributed by atoms with E-state index < -0.39 is 20.5 Å². The summed E-state index contributed by atoms with van der Waals surface area (Å²) in [5.41, 5.74) is -0.102. The number of rotatable bonds is 6. The molecule has 0 radical (unpaired) electrons. The molecule has 0 saturated carbocycles. The minimum absolute atomic E-state index is 0.150. The molecule has 0 aliphatic carbocycles. The molecule has 7 nitrogen and oxygen atoms in total. The van der Waals surface area contributed by atoms with Crippen LogP contribution in [-0.4, -0.2) is 30.6 Å². The summed E-state index contributed by atoms with van der Waals surface area (Å²) >= 11 is 0. The standard InChI is InChI=1S/C13H20N2O5S/c1-9-7-11(8-12(10(9)2)15(17)18)21(19,20)14-13(3,4)5-6-16/h7-8,14,16H,5-6H2,1-4H3. The number of nitrogens with zero attached hydrogens (tertiary/aromatic N) is 1. The van der Waals surface area contributed by atoms with Crippen LogP contribution < -0.4 is 4.72 Å². The highest BCUT2D eigenvalue weighted by molar-refractivity contribution is 7.89. The predicted molar refractivity (Wildman–Crippen MR) is 78.7 cm³/mol. The van der Waals surface area contributed by atoms with Gasteiger partial charge < -0.3 is 5.11 Å². The van der Waals surface area contributed by atoms with Gasteiger partial charge in [0.05, 0.1) is 9.82 Å². The Bertz CT molecular complexity index is 653. The number of aliphatic hydroxyl groups excluding tert-OH is 1. The van der Waals surface area contributed by atoms with Crippen LogP contribution in [0, 0.1) is 24.0 Å². The summed E-state index contributed by atoms with van der Waals surface area (Å²) in [4.78, 5) is 10.3. The molecule has 0 unspecified atom stereocenters. The third kappa shape index (κ3) is 4.23. The van der Waals surface area contributed by atoms with Crippen molar-refractivity contribution in [2.75, 3.05) is 6.61 Å². The van der Waals surface area contributed by atoms with Crippen LogP contribution in [-0.2, 0) is 10.0 Å². The minimum atomic E-state index is -3.90. The van der Waals surface area contributed by atoms with Crippen LogP contribution in [0.5, 0.6) is 0 Å². The monoisotopic (exact) mass is 316 g/mol. The maximum Gasteiger partial charge on any atom is 0.273 e. The maximum atomic E-state index is 12.3. The highest BCUT2D eigenvalue weighted by Gasteiger charge is 2.28. The zero-order valence-electron chi connectivity index (χ0n) is 12.5. The largest absolute Gasteiger partial charge is 0.396 e. The van der Waals surface area contributed by atoms with Crippen molar-refractivity contribution in [1.29, 1.82) is 0 Å². The summed E-state index contributed by atoms with van der Waals surface area (Å²) in [6.45, 7) is 6.31. The van der Waals surface area contributed by atoms with E-state index in [9.17, 15) is 18.5 Å². The number of benzene rings is 1. The van der Waals surface area contributed by atoms with Crippen molar-refractivity contribution in [2.24, 2.45) is 0 Å². The molecule has 0 aliphatic rings. The van der Waals surface area contributed by atoms with Gasteiger partial charge in [-0.05, 0) is 45.7 Å². The highest BCUT2D eigenvalue weighted by atomic mass is 32.2. The van der Waals surface area contributed by atoms with Crippen molar-refractivity contribution >= 4 is 15.7 Å². The Morgan fingerprint density at radius 2 is 1.90 bits per heavy atom. The van der Waals surface area contributed by atoms with Crippen LogP contribution in [0.25, 0.3) is 0 Å². The van der Waals surface area contributed by atoms with Gasteiger partial charge in [-0.1, -0.05) is 0 Å². The summed E-state index contributed by atoms with van der Waals surface area (Å²) in [5, 5.41) is 19.9. The van der Waals surface area contributed by atoms with Gasteiger partial charge in [-0.3, -0.25) is 10.1 Å². The third-order valence-electron chi connectivity index (χ3n) is 3.27. The van der Waals surface area contributed by atoms with Gasteiger partial charge in [0.1, 0.15) is 0 Å². The molecule has 2 N–H and O–H groups in total. The van der Waals surface area contributed by atoms with E-state index in [0.717, 1.165) is 6.07 Å². The number of nitro benzene ring substituents is 1. The van der Waals surface area contributed by atoms with E-state index >= 15 is 0 Å². The van der Waals surface area contributed by atoms with Crippen molar-refractivity contribution in [1.82, 2.24) is 4.72 Å². The van der Waals surface area contributed by atoms with Crippen LogP contribution in [0.2, 0.25) is 0 Å². The maximum absolute atomic E-state index is 12.3. The van der Waals surface area contributed by atoms with Crippen molar-refractivity contribution < 1.29 is 18.4 Å². The van der Waals surface area contributed by atoms with E-state index in [-0.39, 0.29) is 23.6 Å². The first kappa shape index (κ1) is 17.5. The Hall–Kier alpha value is -1.51. The molecule has 0 aromatic heterocycles. The highest BCUT2D eigenvalue weighted by Crippen LogP contribution is 2.26. The number of sulfonamides is 1. The Morgan fingerprint density at radius 3 is 2.38 bits per heavy atom. The summed E-state index contributed by atoms with van der Waals surface area (Å²) in [5.74, 6) is 0. The molecule has 0 heterocycles. The second kappa shape index (κ2) is 6.08. The van der Waals surface area contributed by atoms with Crippen molar-refractivity contribution in [3.8, 4) is 0 Å². The van der Waals surface area contributed by atoms with Gasteiger partial charge in [0.15, 0.2) is 0 Å². The zero-order valence-corrected chi connectivity index (χ0v) is 13.3. The fraction of sp³-hybridized carbons (Fsp3) is 0.538. The van der Waals surface area contributed by atoms with Crippen molar-refractivity contribution in [3.63, 3.8) is 0 Å². The average molecular weight is 316 g/mol. The van der Waals surface area contributed by atoms with Crippen molar-refractivity contribution in [3.05, 3.63) is 33.4 Å². The number of aliphatic hydroxyl groups is 1. The van der Waals surface area contributed by atoms with Crippen LogP contribution in [0.4, 0.5) is 5.69 Å². The van der Waals surface area contributed by atoms with Crippen LogP contribution in [0.3, 0.4) is 0 Å². The lowest BCUT2D eigenvalue weighted by Crippen LogP contribution is -2.43. The fourth-order valence-electron chi connectivity index (χ4n) is 1.91. The number of hydrogen-bond donors (Lipinski definition) is 2. The SMILES string of the molecule is Cc1cc(S(=O)(=O)NC(C)(C)CCO)cc([N+](=O)[O-])c1C. The first-order valence-electron chi connectivity index (χ1n) is 6.40. The molecular formula is C13H20N2O5S. The van der Waals surface area contributed by atoms with E-state index in [1.54, 1.807) is 27.7 Å². The van der Waals surface area contributed by atoms with Gasteiger partial charge in [-0.2, -0.15) is 0 Å². The van der Waals surface area contributed by atoms with Crippen LogP contribution in [0.15, 0.2) is 17.0 Å². The Morgan fingerprint density at radius 1 is 1.33 bits per heavy atom. The van der Waals surface area contributed by atoms with Gasteiger partial charge in [0.2, 0.25) is 10.0 Å². The Labute approximate surface area is 124 Å². The topological polar surface area (TPSA) is 110 Å². The molecule has 0 amide bonds. The lowest BCUT2D eigenvalue weighted by atomic mass is 10.0. The van der Waals surface area contributed by atoms with E-state index in [1.807, 2.05) is 0 Å². The average Bonchev–Trinajstić information content (AvgIpc) is 2.30. The molecule has 0 spiro atoms. The second-order valence-corrected chi connectivity index (χ2v) is 7.29. The minimum Gasteiger partial charge on any atom is -0.396 e. The lowest BCUT2D eigenvalue weighted by Gasteiger charge is -2.25. The molecule has 1 aromatic carbocycles. The van der Waals surface area contributed by atoms with Crippen molar-refractivity contribution in [2.45, 2.75) is 44.6 Å². The molecule has 0 bridgehead atoms. The Balaban J connectivity index is 3.30. The lowest BCUT2D eigenvalue weighted by molar-refractivity contribution is -0.385. The fourth-order valence-corrected chi connectivity index (χ4v) is 3.45. The molecule has 0 aliphatic heterocycles. The van der Waals surface area contributed by atoms with Gasteiger partial charge in [-0.15, -0.1) is 0 Å². The molecule has 118 valence electrons. The van der Waals surface area contributed by atoms with Gasteiger partial charge >= 0.3 is 0 Å². The number of nitrogens with one attached hydrogen (secondary N) is 1. The Kier molecular flexibility index (Phi) is 5.08. The summed E-state index contributed by atoms with van der Waals surface area (Å²) in [6.07, 6.45) is 0.235. The van der Waals surface area contributed by atoms with Gasteiger partial charge in [0.25, 0.3) is 5.69 Å². The zero-order chi connectivity index (χ0) is 16.4. The quantitative estimate of drug-likeness (QED) is 0.612. The molecule has 0 fully saturated rings. The summed E-state index contributed by atoms with van der Waals surface area (Å²) in [7, 11) is -3.90. The smallest absolute Gasteiger partial charge is 0.273 e. The molecule has 1 rings (SSSR count). The molecule has 21 heavy (non-hydrogen) atoms. The van der Waals surface area contributed by atoms with E-state index in [4.69, 9.17) is 5.11 Å². The predicted octanol–water partition coefficient (Wildman–Crippen LogP) is 1.65. The van der Waals surface area contributed by atoms with E-state index in [0.29, 0.717) is 11.1 Å². The molecule has 0 atom stereocenters. The first-order chi connectivity index (χ1) is 9.50. The van der Waals surface area contributed by atoms with Crippen LogP contribution >= 0.6 is 0 Å². The number of nitro groups is 1. The second-order valence-electron chi connectivity index (χ2n) is 5.60. The first-order valence-corrected chi connectivity index (χ1v) is 7.89. The molecule has 8 heteroatoms. The number of aryl methyl sites for hydroxylation is 1. The van der Waals surface area contributed by atoms with Gasteiger partial charge in [0, 0.05) is 23.8 Å². The van der Waals surface area contributed by atoms with E-state index in [2.05, 4.69) is 4.72 Å². The normalized spacial score (nSPS) is 12.4. The number of hydrogen-bond acceptors (Lipinski definition) is 5. The molecule has 1 aromatic rings. The van der Waals surface area contributed by atoms with E-state index in [1.165, 1.54) is 6.07 Å². The molecule has 0 saturated heterocycles. The molecular weight excluding hydrogens is 296 g/mol. The summed E-state index contributed by atoms with van der Waals surface area (Å²) in [6, 6.07) is 2.46. The van der Waals surface area contributed by atoms with Gasteiger partial charge in [-0.25, -0.2) is 13.1 Å². The van der Waals surface area contributed by atoms with Crippen LogP contribution in [0.1, 0.15) is 31.4 Å². The summed E-state index contributed by atoms with van der Waals surface area (Å²) < 4.78 is 27.1. The third-order valence-corrected chi connectivity index (χ3v) is 4.95.